The molecule has 11 heteroatoms. The first-order valence-electron chi connectivity index (χ1n) is 20.5. The first-order valence-corrected chi connectivity index (χ1v) is 20.5. The van der Waals surface area contributed by atoms with Gasteiger partial charge in [-0.05, 0) is 112 Å². The number of amides is 3. The van der Waals surface area contributed by atoms with E-state index in [0.29, 0.717) is 36.6 Å². The van der Waals surface area contributed by atoms with Gasteiger partial charge in [0.2, 0.25) is 17.7 Å². The van der Waals surface area contributed by atoms with Crippen molar-refractivity contribution in [3.05, 3.63) is 102 Å². The monoisotopic (exact) mass is 755 g/mol. The molecule has 1 aromatic heterocycles. The molecule has 5 heterocycles. The van der Waals surface area contributed by atoms with E-state index < -0.39 is 0 Å². The second kappa shape index (κ2) is 16.8. The fraction of sp³-hybridized carbons (Fsp3) is 0.444. The number of aromatic nitrogens is 2. The molecule has 0 spiro atoms. The third-order valence-corrected chi connectivity index (χ3v) is 12.9. The van der Waals surface area contributed by atoms with Crippen molar-refractivity contribution in [1.82, 2.24) is 25.7 Å². The predicted molar refractivity (Wildman–Crippen MR) is 217 cm³/mol. The highest BCUT2D eigenvalue weighted by atomic mass is 16.3. The summed E-state index contributed by atoms with van der Waals surface area (Å²) in [4.78, 5) is 45.0. The summed E-state index contributed by atoms with van der Waals surface area (Å²) < 4.78 is 0. The molecule has 4 aromatic rings. The highest BCUT2D eigenvalue weighted by Crippen LogP contribution is 2.38. The standard InChI is InChI=1S/C45H53N7O4/c53-41-11-5-4-9-38(41)39-29-36(30-47-49-39)51-27-21-45(22-28-51,34-7-2-1-3-8-34)31-46-44(56)40-10-6-23-52(40)26-20-32-18-24-50(25-19-32)35-14-12-33(13-15-35)37-16-17-42(54)48-43(37)55/h1-5,7-9,11-15,29-30,32,37,40,53H,6,10,16-28,31H2,(H,46,56)(H,48,54,55)/t37?,40-/m1/s1. The van der Waals surface area contributed by atoms with E-state index in [1.165, 1.54) is 11.3 Å². The molecule has 2 atom stereocenters. The zero-order valence-corrected chi connectivity index (χ0v) is 32.1. The smallest absolute Gasteiger partial charge is 0.237 e. The van der Waals surface area contributed by atoms with E-state index in [9.17, 15) is 19.5 Å². The molecule has 0 radical (unpaired) electrons. The van der Waals surface area contributed by atoms with Gasteiger partial charge in [0, 0.05) is 55.8 Å². The number of nitrogens with zero attached hydrogens (tertiary/aromatic N) is 5. The number of hydrogen-bond donors (Lipinski definition) is 3. The molecular formula is C45H53N7O4. The molecule has 4 aliphatic rings. The lowest BCUT2D eigenvalue weighted by Gasteiger charge is -2.43. The summed E-state index contributed by atoms with van der Waals surface area (Å²) in [7, 11) is 0. The van der Waals surface area contributed by atoms with Crippen molar-refractivity contribution in [2.24, 2.45) is 5.92 Å². The van der Waals surface area contributed by atoms with Gasteiger partial charge in [-0.1, -0.05) is 54.6 Å². The fourth-order valence-electron chi connectivity index (χ4n) is 9.43. The summed E-state index contributed by atoms with van der Waals surface area (Å²) in [5.41, 5.74) is 5.55. The van der Waals surface area contributed by atoms with E-state index in [-0.39, 0.29) is 40.8 Å². The summed E-state index contributed by atoms with van der Waals surface area (Å²) in [5.74, 6) is 0.346. The first kappa shape index (κ1) is 37.6. The van der Waals surface area contributed by atoms with Crippen LogP contribution in [0.2, 0.25) is 0 Å². The largest absolute Gasteiger partial charge is 0.507 e. The number of nitrogens with one attached hydrogen (secondary N) is 2. The van der Waals surface area contributed by atoms with E-state index in [4.69, 9.17) is 0 Å². The molecule has 1 unspecified atom stereocenters. The Morgan fingerprint density at radius 2 is 1.57 bits per heavy atom. The minimum Gasteiger partial charge on any atom is -0.507 e. The molecule has 11 nitrogen and oxygen atoms in total. The fourth-order valence-corrected chi connectivity index (χ4v) is 9.43. The van der Waals surface area contributed by atoms with Gasteiger partial charge < -0.3 is 20.2 Å². The number of para-hydroxylation sites is 1. The number of rotatable bonds is 11. The molecule has 0 saturated carbocycles. The highest BCUT2D eigenvalue weighted by molar-refractivity contribution is 6.01. The minimum absolute atomic E-state index is 0.0819. The maximum absolute atomic E-state index is 13.9. The molecule has 3 N–H and O–H groups in total. The van der Waals surface area contributed by atoms with Crippen molar-refractivity contribution >= 4 is 29.1 Å². The van der Waals surface area contributed by atoms with Gasteiger partial charge in [0.1, 0.15) is 5.75 Å². The van der Waals surface area contributed by atoms with Gasteiger partial charge in [0.25, 0.3) is 0 Å². The van der Waals surface area contributed by atoms with E-state index in [1.807, 2.05) is 30.3 Å². The van der Waals surface area contributed by atoms with Crippen LogP contribution in [0.4, 0.5) is 11.4 Å². The lowest BCUT2D eigenvalue weighted by atomic mass is 9.72. The number of likely N-dealkylation sites (tertiary alicyclic amines) is 1. The number of benzene rings is 3. The van der Waals surface area contributed by atoms with Crippen LogP contribution in [0.5, 0.6) is 5.75 Å². The van der Waals surface area contributed by atoms with Crippen LogP contribution in [-0.4, -0.2) is 89.8 Å². The normalized spacial score (nSPS) is 21.9. The Bertz CT molecular complexity index is 1990. The van der Waals surface area contributed by atoms with Crippen LogP contribution in [-0.2, 0) is 19.8 Å². The number of carbonyl (C=O) groups is 3. The van der Waals surface area contributed by atoms with Crippen LogP contribution in [0.15, 0.2) is 91.1 Å². The van der Waals surface area contributed by atoms with E-state index >= 15 is 0 Å². The summed E-state index contributed by atoms with van der Waals surface area (Å²) in [6.07, 6.45) is 9.84. The number of phenolic OH excluding ortho intramolecular Hbond substituents is 1. The SMILES string of the molecule is O=C1CCC(c2ccc(N3CCC(CCN4CCC[C@@H]4C(=O)NCC4(c5ccccc5)CCN(c5cnnc(-c6ccccc6O)c5)CC4)CC3)cc2)C(=O)N1. The van der Waals surface area contributed by atoms with Crippen molar-refractivity contribution in [3.63, 3.8) is 0 Å². The van der Waals surface area contributed by atoms with Crippen molar-refractivity contribution in [2.45, 2.75) is 75.2 Å². The summed E-state index contributed by atoms with van der Waals surface area (Å²) >= 11 is 0. The maximum Gasteiger partial charge on any atom is 0.237 e. The Kier molecular flexibility index (Phi) is 11.3. The third-order valence-electron chi connectivity index (χ3n) is 12.9. The minimum atomic E-state index is -0.254. The van der Waals surface area contributed by atoms with Gasteiger partial charge in [0.05, 0.1) is 29.5 Å². The molecular weight excluding hydrogens is 703 g/mol. The zero-order valence-electron chi connectivity index (χ0n) is 32.1. The van der Waals surface area contributed by atoms with E-state index in [1.54, 1.807) is 18.3 Å². The molecule has 0 bridgehead atoms. The van der Waals surface area contributed by atoms with Crippen molar-refractivity contribution < 1.29 is 19.5 Å². The van der Waals surface area contributed by atoms with Gasteiger partial charge in [-0.25, -0.2) is 0 Å². The van der Waals surface area contributed by atoms with Gasteiger partial charge in [-0.3, -0.25) is 24.6 Å². The third kappa shape index (κ3) is 8.28. The van der Waals surface area contributed by atoms with Crippen molar-refractivity contribution in [1.29, 1.82) is 0 Å². The Morgan fingerprint density at radius 3 is 2.32 bits per heavy atom. The topological polar surface area (TPSA) is 131 Å². The highest BCUT2D eigenvalue weighted by Gasteiger charge is 2.39. The van der Waals surface area contributed by atoms with Crippen LogP contribution in [0.25, 0.3) is 11.3 Å². The molecule has 3 amide bonds. The van der Waals surface area contributed by atoms with Crippen molar-refractivity contribution in [3.8, 4) is 17.0 Å². The lowest BCUT2D eigenvalue weighted by molar-refractivity contribution is -0.134. The Morgan fingerprint density at radius 1 is 0.839 bits per heavy atom. The van der Waals surface area contributed by atoms with E-state index in [0.717, 1.165) is 95.5 Å². The second-order valence-corrected chi connectivity index (χ2v) is 16.2. The number of hydrogen-bond acceptors (Lipinski definition) is 9. The Balaban J connectivity index is 0.832. The van der Waals surface area contributed by atoms with Crippen LogP contribution in [0, 0.1) is 5.92 Å². The number of aromatic hydroxyl groups is 1. The van der Waals surface area contributed by atoms with Crippen LogP contribution < -0.4 is 20.4 Å². The average Bonchev–Trinajstić information content (AvgIpc) is 3.72. The van der Waals surface area contributed by atoms with Gasteiger partial charge in [-0.15, -0.1) is 0 Å². The summed E-state index contributed by atoms with van der Waals surface area (Å²) in [6, 6.07) is 28.1. The molecule has 8 rings (SSSR count). The number of imide groups is 1. The number of carbonyl (C=O) groups excluding carboxylic acids is 3. The van der Waals surface area contributed by atoms with Crippen LogP contribution in [0.1, 0.15) is 74.8 Å². The maximum atomic E-state index is 13.9. The van der Waals surface area contributed by atoms with Crippen LogP contribution >= 0.6 is 0 Å². The van der Waals surface area contributed by atoms with Gasteiger partial charge in [0.15, 0.2) is 0 Å². The van der Waals surface area contributed by atoms with E-state index in [2.05, 4.69) is 78.0 Å². The quantitative estimate of drug-likeness (QED) is 0.163. The zero-order chi connectivity index (χ0) is 38.5. The molecule has 4 aliphatic heterocycles. The summed E-state index contributed by atoms with van der Waals surface area (Å²) in [6.45, 7) is 6.17. The lowest BCUT2D eigenvalue weighted by Crippen LogP contribution is -2.52. The molecule has 4 saturated heterocycles. The molecule has 3 aromatic carbocycles. The van der Waals surface area contributed by atoms with Gasteiger partial charge >= 0.3 is 0 Å². The molecule has 56 heavy (non-hydrogen) atoms. The number of anilines is 2. The molecule has 4 fully saturated rings. The molecule has 292 valence electrons. The number of phenols is 1. The average molecular weight is 756 g/mol. The van der Waals surface area contributed by atoms with Crippen molar-refractivity contribution in [2.75, 3.05) is 55.6 Å². The number of piperidine rings is 3. The summed E-state index contributed by atoms with van der Waals surface area (Å²) in [5, 5.41) is 24.9. The second-order valence-electron chi connectivity index (χ2n) is 16.2. The predicted octanol–water partition coefficient (Wildman–Crippen LogP) is 5.79. The molecule has 0 aliphatic carbocycles. The van der Waals surface area contributed by atoms with Gasteiger partial charge in [-0.2, -0.15) is 10.2 Å². The Hall–Kier alpha value is -5.29. The first-order chi connectivity index (χ1) is 27.3. The van der Waals surface area contributed by atoms with Crippen LogP contribution in [0.3, 0.4) is 0 Å². The Labute approximate surface area is 329 Å².